The molecular weight excluding hydrogens is 222 g/mol. The number of aromatic nitrogens is 1. The first-order valence-corrected chi connectivity index (χ1v) is 5.95. The van der Waals surface area contributed by atoms with Crippen molar-refractivity contribution < 1.29 is 0 Å². The molecule has 2 N–H and O–H groups in total. The van der Waals surface area contributed by atoms with Gasteiger partial charge in [-0.05, 0) is 36.7 Å². The minimum atomic E-state index is 0.983. The topological polar surface area (TPSA) is 37.0 Å². The van der Waals surface area contributed by atoms with Gasteiger partial charge in [0.05, 0.1) is 0 Å². The molecule has 94 valence electrons. The molecule has 0 atom stereocenters. The summed E-state index contributed by atoms with van der Waals surface area (Å²) in [5.41, 5.74) is 0. The zero-order valence-electron chi connectivity index (χ0n) is 10.4. The molecule has 0 radical (unpaired) electrons. The van der Waals surface area contributed by atoms with Crippen molar-refractivity contribution in [2.45, 2.75) is 0 Å². The maximum atomic E-state index is 3.78. The number of pyridine rings is 1. The van der Waals surface area contributed by atoms with E-state index in [2.05, 4.69) is 27.8 Å². The number of nitrogens with zero attached hydrogens (tertiary/aromatic N) is 1. The van der Waals surface area contributed by atoms with Gasteiger partial charge in [-0.15, -0.1) is 0 Å². The fraction of sp³-hybridized carbons (Fsp3) is 0.133. The summed E-state index contributed by atoms with van der Waals surface area (Å²) in [6, 6.07) is 5.72. The Balaban J connectivity index is 0.000000135. The zero-order valence-corrected chi connectivity index (χ0v) is 10.4. The van der Waals surface area contributed by atoms with Crippen LogP contribution in [0.2, 0.25) is 0 Å². The van der Waals surface area contributed by atoms with Gasteiger partial charge in [0.2, 0.25) is 0 Å². The maximum Gasteiger partial charge on any atom is 0.0328 e. The van der Waals surface area contributed by atoms with Gasteiger partial charge in [0, 0.05) is 25.5 Å². The van der Waals surface area contributed by atoms with Crippen LogP contribution in [0.25, 0.3) is 0 Å². The normalized spacial score (nSPS) is 14.2. The van der Waals surface area contributed by atoms with Crippen molar-refractivity contribution in [1.29, 1.82) is 0 Å². The van der Waals surface area contributed by atoms with Crippen molar-refractivity contribution in [2.24, 2.45) is 0 Å². The van der Waals surface area contributed by atoms with Crippen molar-refractivity contribution in [3.8, 4) is 0 Å². The average Bonchev–Trinajstić information content (AvgIpc) is 2.54. The number of hydrogen-bond donors (Lipinski definition) is 2. The van der Waals surface area contributed by atoms with Gasteiger partial charge in [-0.25, -0.2) is 0 Å². The van der Waals surface area contributed by atoms with E-state index in [4.69, 9.17) is 0 Å². The van der Waals surface area contributed by atoms with Crippen LogP contribution < -0.4 is 10.6 Å². The van der Waals surface area contributed by atoms with Crippen molar-refractivity contribution in [3.05, 3.63) is 79.4 Å². The minimum Gasteiger partial charge on any atom is -0.387 e. The Hall–Kier alpha value is -2.29. The summed E-state index contributed by atoms with van der Waals surface area (Å²) < 4.78 is 0. The van der Waals surface area contributed by atoms with E-state index in [0.717, 1.165) is 13.1 Å². The minimum absolute atomic E-state index is 0.983. The van der Waals surface area contributed by atoms with Crippen LogP contribution in [-0.2, 0) is 0 Å². The molecule has 0 spiro atoms. The molecular formula is C15H19N3. The third kappa shape index (κ3) is 8.97. The molecule has 3 nitrogen and oxygen atoms in total. The first-order chi connectivity index (χ1) is 9.00. The van der Waals surface area contributed by atoms with Gasteiger partial charge < -0.3 is 10.6 Å². The summed E-state index contributed by atoms with van der Waals surface area (Å²) in [6.45, 7) is 1.97. The van der Waals surface area contributed by atoms with E-state index in [1.165, 1.54) is 0 Å². The third-order valence-corrected chi connectivity index (χ3v) is 1.96. The van der Waals surface area contributed by atoms with E-state index in [1.54, 1.807) is 12.4 Å². The Morgan fingerprint density at radius 2 is 1.22 bits per heavy atom. The summed E-state index contributed by atoms with van der Waals surface area (Å²) >= 11 is 0. The van der Waals surface area contributed by atoms with Gasteiger partial charge in [0.15, 0.2) is 0 Å². The molecule has 0 fully saturated rings. The van der Waals surface area contributed by atoms with Crippen molar-refractivity contribution in [3.63, 3.8) is 0 Å². The van der Waals surface area contributed by atoms with Crippen molar-refractivity contribution >= 4 is 0 Å². The Labute approximate surface area is 109 Å². The van der Waals surface area contributed by atoms with Crippen LogP contribution >= 0.6 is 0 Å². The second-order valence-corrected chi connectivity index (χ2v) is 3.42. The molecule has 0 saturated carbocycles. The van der Waals surface area contributed by atoms with Gasteiger partial charge in [-0.2, -0.15) is 0 Å². The van der Waals surface area contributed by atoms with E-state index in [1.807, 2.05) is 54.9 Å². The monoisotopic (exact) mass is 241 g/mol. The summed E-state index contributed by atoms with van der Waals surface area (Å²) in [4.78, 5) is 3.78. The predicted molar refractivity (Wildman–Crippen MR) is 76.8 cm³/mol. The lowest BCUT2D eigenvalue weighted by Gasteiger charge is -1.94. The molecule has 0 saturated heterocycles. The average molecular weight is 241 g/mol. The smallest absolute Gasteiger partial charge is 0.0328 e. The van der Waals surface area contributed by atoms with Crippen LogP contribution in [0.5, 0.6) is 0 Å². The first kappa shape index (κ1) is 13.8. The zero-order chi connectivity index (χ0) is 12.7. The van der Waals surface area contributed by atoms with E-state index in [0.29, 0.717) is 0 Å². The highest BCUT2D eigenvalue weighted by atomic mass is 14.8. The van der Waals surface area contributed by atoms with Crippen LogP contribution in [-0.4, -0.2) is 18.1 Å². The maximum absolute atomic E-state index is 3.78. The lowest BCUT2D eigenvalue weighted by molar-refractivity contribution is 0.972. The van der Waals surface area contributed by atoms with Crippen LogP contribution in [0, 0.1) is 0 Å². The highest BCUT2D eigenvalue weighted by Gasteiger charge is 1.74. The first-order valence-electron chi connectivity index (χ1n) is 5.95. The van der Waals surface area contributed by atoms with Crippen molar-refractivity contribution in [2.75, 3.05) is 13.1 Å². The molecule has 1 aromatic heterocycles. The number of dihydropyridines is 2. The molecule has 0 amide bonds. The van der Waals surface area contributed by atoms with E-state index in [9.17, 15) is 0 Å². The summed E-state index contributed by atoms with van der Waals surface area (Å²) in [6.07, 6.45) is 19.5. The Bertz CT molecular complexity index is 317. The standard InChI is InChI=1S/2C5H7N.C5H5N/c3*1-2-4-6-5-3-1/h2*1-4,6H,5H2;1-5H. The van der Waals surface area contributed by atoms with E-state index < -0.39 is 0 Å². The number of hydrogen-bond acceptors (Lipinski definition) is 3. The molecule has 0 aromatic carbocycles. The summed E-state index contributed by atoms with van der Waals surface area (Å²) in [7, 11) is 0. The van der Waals surface area contributed by atoms with Crippen LogP contribution in [0.4, 0.5) is 0 Å². The number of nitrogens with one attached hydrogen (secondary N) is 2. The highest BCUT2D eigenvalue weighted by molar-refractivity contribution is 5.07. The molecule has 2 aliphatic heterocycles. The number of rotatable bonds is 0. The summed E-state index contributed by atoms with van der Waals surface area (Å²) in [5.74, 6) is 0. The molecule has 3 heteroatoms. The third-order valence-electron chi connectivity index (χ3n) is 1.96. The molecule has 0 aliphatic carbocycles. The Kier molecular flexibility index (Phi) is 8.57. The van der Waals surface area contributed by atoms with Gasteiger partial charge in [0.1, 0.15) is 0 Å². The van der Waals surface area contributed by atoms with Crippen LogP contribution in [0.3, 0.4) is 0 Å². The molecule has 0 unspecified atom stereocenters. The largest absolute Gasteiger partial charge is 0.387 e. The second-order valence-electron chi connectivity index (χ2n) is 3.42. The van der Waals surface area contributed by atoms with Gasteiger partial charge >= 0.3 is 0 Å². The SMILES string of the molecule is C1=CCNC=C1.C1=CCNC=C1.c1ccncc1. The fourth-order valence-corrected chi connectivity index (χ4v) is 1.13. The molecule has 2 aliphatic rings. The highest BCUT2D eigenvalue weighted by Crippen LogP contribution is 1.79. The van der Waals surface area contributed by atoms with E-state index >= 15 is 0 Å². The van der Waals surface area contributed by atoms with Gasteiger partial charge in [0.25, 0.3) is 0 Å². The lowest BCUT2D eigenvalue weighted by Crippen LogP contribution is -2.05. The molecule has 3 rings (SSSR count). The Morgan fingerprint density at radius 3 is 1.33 bits per heavy atom. The van der Waals surface area contributed by atoms with Crippen LogP contribution in [0.1, 0.15) is 0 Å². The van der Waals surface area contributed by atoms with Crippen LogP contribution in [0.15, 0.2) is 79.4 Å². The van der Waals surface area contributed by atoms with Gasteiger partial charge in [-0.1, -0.05) is 30.4 Å². The molecule has 18 heavy (non-hydrogen) atoms. The molecule has 1 aromatic rings. The lowest BCUT2D eigenvalue weighted by atomic mass is 10.4. The molecule has 3 heterocycles. The fourth-order valence-electron chi connectivity index (χ4n) is 1.13. The molecule has 0 bridgehead atoms. The summed E-state index contributed by atoms with van der Waals surface area (Å²) in [5, 5.41) is 6.03. The van der Waals surface area contributed by atoms with Crippen molar-refractivity contribution in [1.82, 2.24) is 15.6 Å². The predicted octanol–water partition coefficient (Wildman–Crippen LogP) is 2.40. The second kappa shape index (κ2) is 11.2. The Morgan fingerprint density at radius 1 is 0.667 bits per heavy atom. The quantitative estimate of drug-likeness (QED) is 0.732. The number of allylic oxidation sites excluding steroid dienone is 4. The van der Waals surface area contributed by atoms with E-state index in [-0.39, 0.29) is 0 Å². The van der Waals surface area contributed by atoms with Gasteiger partial charge in [-0.3, -0.25) is 4.98 Å².